The molecule has 1 heterocycles. The van der Waals surface area contributed by atoms with Gasteiger partial charge in [0.05, 0.1) is 12.7 Å². The Morgan fingerprint density at radius 3 is 2.67 bits per heavy atom. The maximum absolute atomic E-state index is 9.73. The first-order valence-electron chi connectivity index (χ1n) is 5.34. The first-order chi connectivity index (χ1) is 7.06. The second-order valence-corrected chi connectivity index (χ2v) is 4.07. The zero-order valence-corrected chi connectivity index (χ0v) is 9.84. The van der Waals surface area contributed by atoms with E-state index in [0.29, 0.717) is 6.61 Å². The summed E-state index contributed by atoms with van der Waals surface area (Å²) in [5, 5.41) is 9.73. The molecule has 5 heteroatoms. The van der Waals surface area contributed by atoms with Gasteiger partial charge in [0.2, 0.25) is 0 Å². The van der Waals surface area contributed by atoms with Crippen LogP contribution in [0.1, 0.15) is 20.3 Å². The van der Waals surface area contributed by atoms with Crippen LogP contribution in [0.25, 0.3) is 0 Å². The molecule has 90 valence electrons. The molecule has 2 unspecified atom stereocenters. The third kappa shape index (κ3) is 3.39. The molecule has 0 spiro atoms. The summed E-state index contributed by atoms with van der Waals surface area (Å²) in [6, 6.07) is 0.107. The van der Waals surface area contributed by atoms with Crippen molar-refractivity contribution in [2.45, 2.75) is 44.8 Å². The lowest BCUT2D eigenvalue weighted by Crippen LogP contribution is -2.54. The van der Waals surface area contributed by atoms with E-state index < -0.39 is 12.4 Å². The minimum Gasteiger partial charge on any atom is -0.366 e. The lowest BCUT2D eigenvalue weighted by molar-refractivity contribution is -0.381. The number of aliphatic hydroxyl groups is 1. The molecule has 0 radical (unpaired) electrons. The van der Waals surface area contributed by atoms with Gasteiger partial charge in [-0.15, -0.1) is 0 Å². The molecule has 0 amide bonds. The van der Waals surface area contributed by atoms with Gasteiger partial charge < -0.3 is 14.7 Å². The molecule has 0 aromatic heterocycles. The van der Waals surface area contributed by atoms with Crippen LogP contribution >= 0.6 is 0 Å². The number of aliphatic hydroxyl groups excluding tert-OH is 1. The van der Waals surface area contributed by atoms with Gasteiger partial charge in [-0.1, -0.05) is 0 Å². The summed E-state index contributed by atoms with van der Waals surface area (Å²) < 4.78 is 5.30. The molecule has 1 fully saturated rings. The van der Waals surface area contributed by atoms with Crippen molar-refractivity contribution in [2.75, 3.05) is 20.7 Å². The molecule has 0 saturated carbocycles. The van der Waals surface area contributed by atoms with E-state index in [4.69, 9.17) is 14.5 Å². The molecule has 1 aliphatic heterocycles. The molecule has 0 aromatic carbocycles. The maximum atomic E-state index is 9.73. The summed E-state index contributed by atoms with van der Waals surface area (Å²) in [4.78, 5) is 12.1. The SMILES string of the molecule is CCOOC1C(N(C)C)C[C@@H](C)O[C@H]1O. The van der Waals surface area contributed by atoms with E-state index in [0.717, 1.165) is 6.42 Å². The van der Waals surface area contributed by atoms with E-state index >= 15 is 0 Å². The van der Waals surface area contributed by atoms with E-state index in [1.54, 1.807) is 0 Å². The summed E-state index contributed by atoms with van der Waals surface area (Å²) >= 11 is 0. The Kier molecular flexibility index (Phi) is 4.95. The van der Waals surface area contributed by atoms with Gasteiger partial charge in [-0.2, -0.15) is 0 Å². The van der Waals surface area contributed by atoms with Gasteiger partial charge in [0.15, 0.2) is 12.4 Å². The predicted octanol–water partition coefficient (Wildman–Crippen LogP) is 0.380. The Balaban J connectivity index is 2.60. The molecule has 1 aliphatic rings. The molecular formula is C10H21NO4. The topological polar surface area (TPSA) is 51.2 Å². The van der Waals surface area contributed by atoms with Crippen LogP contribution in [0, 0.1) is 0 Å². The molecule has 0 aromatic rings. The highest BCUT2D eigenvalue weighted by Gasteiger charge is 2.39. The van der Waals surface area contributed by atoms with Crippen molar-refractivity contribution in [1.82, 2.24) is 4.90 Å². The van der Waals surface area contributed by atoms with Crippen molar-refractivity contribution in [3.8, 4) is 0 Å². The smallest absolute Gasteiger partial charge is 0.186 e. The Bertz CT molecular complexity index is 188. The van der Waals surface area contributed by atoms with Crippen LogP contribution in [0.15, 0.2) is 0 Å². The highest BCUT2D eigenvalue weighted by atomic mass is 17.2. The van der Waals surface area contributed by atoms with Crippen molar-refractivity contribution in [3.05, 3.63) is 0 Å². The van der Waals surface area contributed by atoms with Gasteiger partial charge in [-0.3, -0.25) is 0 Å². The molecule has 5 nitrogen and oxygen atoms in total. The van der Waals surface area contributed by atoms with E-state index in [-0.39, 0.29) is 12.1 Å². The highest BCUT2D eigenvalue weighted by molar-refractivity contribution is 4.85. The molecule has 1 rings (SSSR count). The quantitative estimate of drug-likeness (QED) is 0.547. The third-order valence-corrected chi connectivity index (χ3v) is 2.57. The van der Waals surface area contributed by atoms with E-state index in [2.05, 4.69) is 0 Å². The van der Waals surface area contributed by atoms with Crippen molar-refractivity contribution >= 4 is 0 Å². The molecule has 0 aliphatic carbocycles. The predicted molar refractivity (Wildman–Crippen MR) is 55.1 cm³/mol. The van der Waals surface area contributed by atoms with Crippen molar-refractivity contribution < 1.29 is 19.6 Å². The van der Waals surface area contributed by atoms with Crippen LogP contribution in [-0.4, -0.2) is 55.2 Å². The Hall–Kier alpha value is -0.200. The van der Waals surface area contributed by atoms with Crippen LogP contribution in [0.5, 0.6) is 0 Å². The molecule has 0 bridgehead atoms. The lowest BCUT2D eigenvalue weighted by Gasteiger charge is -2.40. The Labute approximate surface area is 90.8 Å². The van der Waals surface area contributed by atoms with Crippen LogP contribution in [0.2, 0.25) is 0 Å². The molecule has 1 saturated heterocycles. The fraction of sp³-hybridized carbons (Fsp3) is 1.00. The number of hydrogen-bond donors (Lipinski definition) is 1. The first-order valence-corrected chi connectivity index (χ1v) is 5.34. The summed E-state index contributed by atoms with van der Waals surface area (Å²) in [7, 11) is 3.91. The highest BCUT2D eigenvalue weighted by Crippen LogP contribution is 2.24. The standard InChI is InChI=1S/C10H21NO4/c1-5-13-15-9-8(11(3)4)6-7(2)14-10(9)12/h7-10,12H,5-6H2,1-4H3/t7-,8?,9?,10-/m1/s1. The van der Waals surface area contributed by atoms with Crippen molar-refractivity contribution in [3.63, 3.8) is 0 Å². The molecule has 15 heavy (non-hydrogen) atoms. The van der Waals surface area contributed by atoms with Gasteiger partial charge in [-0.05, 0) is 34.4 Å². The van der Waals surface area contributed by atoms with Crippen LogP contribution < -0.4 is 0 Å². The zero-order chi connectivity index (χ0) is 11.4. The van der Waals surface area contributed by atoms with Crippen LogP contribution in [-0.2, 0) is 14.5 Å². The summed E-state index contributed by atoms with van der Waals surface area (Å²) in [5.41, 5.74) is 0. The van der Waals surface area contributed by atoms with Crippen LogP contribution in [0.3, 0.4) is 0 Å². The number of likely N-dealkylation sites (N-methyl/N-ethyl adjacent to an activating group) is 1. The normalized spacial score (nSPS) is 37.2. The largest absolute Gasteiger partial charge is 0.366 e. The molecule has 4 atom stereocenters. The minimum absolute atomic E-state index is 0.0360. The van der Waals surface area contributed by atoms with E-state index in [1.165, 1.54) is 0 Å². The van der Waals surface area contributed by atoms with Gasteiger partial charge in [-0.25, -0.2) is 9.78 Å². The molecular weight excluding hydrogens is 198 g/mol. The third-order valence-electron chi connectivity index (χ3n) is 2.57. The van der Waals surface area contributed by atoms with Crippen LogP contribution in [0.4, 0.5) is 0 Å². The fourth-order valence-corrected chi connectivity index (χ4v) is 1.80. The maximum Gasteiger partial charge on any atom is 0.186 e. The average molecular weight is 219 g/mol. The zero-order valence-electron chi connectivity index (χ0n) is 9.84. The monoisotopic (exact) mass is 219 g/mol. The van der Waals surface area contributed by atoms with E-state index in [9.17, 15) is 5.11 Å². The number of hydrogen-bond acceptors (Lipinski definition) is 5. The van der Waals surface area contributed by atoms with Gasteiger partial charge in [0, 0.05) is 6.04 Å². The van der Waals surface area contributed by atoms with Crippen molar-refractivity contribution in [2.24, 2.45) is 0 Å². The second-order valence-electron chi connectivity index (χ2n) is 4.07. The molecule has 1 N–H and O–H groups in total. The van der Waals surface area contributed by atoms with Gasteiger partial charge in [0.1, 0.15) is 0 Å². The Morgan fingerprint density at radius 1 is 1.47 bits per heavy atom. The average Bonchev–Trinajstić information content (AvgIpc) is 2.15. The first kappa shape index (κ1) is 12.9. The Morgan fingerprint density at radius 2 is 2.13 bits per heavy atom. The van der Waals surface area contributed by atoms with Gasteiger partial charge in [0.25, 0.3) is 0 Å². The number of rotatable bonds is 4. The van der Waals surface area contributed by atoms with Crippen molar-refractivity contribution in [1.29, 1.82) is 0 Å². The van der Waals surface area contributed by atoms with Gasteiger partial charge >= 0.3 is 0 Å². The van der Waals surface area contributed by atoms with E-state index in [1.807, 2.05) is 32.8 Å². The summed E-state index contributed by atoms with van der Waals surface area (Å²) in [6.07, 6.45) is -0.514. The lowest BCUT2D eigenvalue weighted by atomic mass is 9.99. The second kappa shape index (κ2) is 5.77. The number of nitrogens with zero attached hydrogens (tertiary/aromatic N) is 1. The minimum atomic E-state index is -0.923. The summed E-state index contributed by atoms with van der Waals surface area (Å²) in [5.74, 6) is 0. The summed E-state index contributed by atoms with van der Waals surface area (Å²) in [6.45, 7) is 4.24. The fourth-order valence-electron chi connectivity index (χ4n) is 1.80. The number of ether oxygens (including phenoxy) is 1.